The molecule has 0 bridgehead atoms. The molecule has 1 fully saturated rings. The quantitative estimate of drug-likeness (QED) is 0.850. The number of ether oxygens (including phenoxy) is 1. The molecule has 16 heavy (non-hydrogen) atoms. The summed E-state index contributed by atoms with van der Waals surface area (Å²) in [6.07, 6.45) is 1.25. The Labute approximate surface area is 95.8 Å². The minimum Gasteiger partial charge on any atom is -0.377 e. The molecule has 0 amide bonds. The number of rotatable bonds is 3. The first kappa shape index (κ1) is 11.6. The van der Waals surface area contributed by atoms with Gasteiger partial charge >= 0.3 is 0 Å². The normalized spacial score (nSPS) is 29.6. The van der Waals surface area contributed by atoms with E-state index in [1.807, 2.05) is 12.1 Å². The molecular weight excluding hydrogens is 205 g/mol. The van der Waals surface area contributed by atoms with Gasteiger partial charge in [0.25, 0.3) is 0 Å². The van der Waals surface area contributed by atoms with E-state index in [0.29, 0.717) is 0 Å². The van der Waals surface area contributed by atoms with Crippen LogP contribution in [0.2, 0.25) is 0 Å². The summed E-state index contributed by atoms with van der Waals surface area (Å²) in [6.45, 7) is 5.83. The Balaban J connectivity index is 1.94. The van der Waals surface area contributed by atoms with Crippen molar-refractivity contribution in [2.75, 3.05) is 6.61 Å². The van der Waals surface area contributed by atoms with E-state index in [4.69, 9.17) is 4.74 Å². The fourth-order valence-electron chi connectivity index (χ4n) is 1.97. The van der Waals surface area contributed by atoms with Crippen LogP contribution >= 0.6 is 0 Å². The highest BCUT2D eigenvalue weighted by atomic mass is 19.1. The molecule has 88 valence electrons. The van der Waals surface area contributed by atoms with Crippen LogP contribution < -0.4 is 5.32 Å². The molecule has 2 rings (SSSR count). The lowest BCUT2D eigenvalue weighted by Gasteiger charge is -2.29. The molecule has 0 aromatic heterocycles. The van der Waals surface area contributed by atoms with Gasteiger partial charge in [-0.15, -0.1) is 0 Å². The standard InChI is InChI=1S/C13H18FNO/c1-10-13(2,7-8-16-10)15-9-11-3-5-12(14)6-4-11/h3-6,10,15H,7-9H2,1-2H3. The van der Waals surface area contributed by atoms with Crippen LogP contribution in [-0.2, 0) is 11.3 Å². The number of nitrogens with one attached hydrogen (secondary N) is 1. The van der Waals surface area contributed by atoms with E-state index in [9.17, 15) is 4.39 Å². The predicted molar refractivity (Wildman–Crippen MR) is 61.7 cm³/mol. The lowest BCUT2D eigenvalue weighted by atomic mass is 9.94. The van der Waals surface area contributed by atoms with Gasteiger partial charge in [-0.3, -0.25) is 0 Å². The van der Waals surface area contributed by atoms with Crippen molar-refractivity contribution in [2.24, 2.45) is 0 Å². The number of halogens is 1. The Kier molecular flexibility index (Phi) is 3.26. The van der Waals surface area contributed by atoms with Crippen molar-refractivity contribution in [1.82, 2.24) is 5.32 Å². The van der Waals surface area contributed by atoms with Crippen LogP contribution in [0, 0.1) is 5.82 Å². The van der Waals surface area contributed by atoms with Crippen molar-refractivity contribution < 1.29 is 9.13 Å². The second kappa shape index (κ2) is 4.52. The van der Waals surface area contributed by atoms with E-state index in [2.05, 4.69) is 19.2 Å². The Bertz CT molecular complexity index is 351. The van der Waals surface area contributed by atoms with Gasteiger partial charge in [0.1, 0.15) is 5.82 Å². The Morgan fingerprint density at radius 2 is 2.12 bits per heavy atom. The molecule has 1 heterocycles. The van der Waals surface area contributed by atoms with Gasteiger partial charge in [-0.05, 0) is 38.0 Å². The highest BCUT2D eigenvalue weighted by Gasteiger charge is 2.36. The average molecular weight is 223 g/mol. The van der Waals surface area contributed by atoms with E-state index in [0.717, 1.165) is 25.1 Å². The first-order chi connectivity index (χ1) is 7.60. The van der Waals surface area contributed by atoms with Crippen molar-refractivity contribution in [3.63, 3.8) is 0 Å². The molecule has 1 saturated heterocycles. The minimum absolute atomic E-state index is 0.0361. The highest BCUT2D eigenvalue weighted by Crippen LogP contribution is 2.25. The van der Waals surface area contributed by atoms with Crippen LogP contribution in [-0.4, -0.2) is 18.2 Å². The van der Waals surface area contributed by atoms with Gasteiger partial charge in [0.2, 0.25) is 0 Å². The summed E-state index contributed by atoms with van der Waals surface area (Å²) >= 11 is 0. The second-order valence-electron chi connectivity index (χ2n) is 4.66. The molecule has 2 nitrogen and oxygen atoms in total. The summed E-state index contributed by atoms with van der Waals surface area (Å²) in [5.74, 6) is -0.187. The van der Waals surface area contributed by atoms with Gasteiger partial charge in [0.15, 0.2) is 0 Å². The summed E-state index contributed by atoms with van der Waals surface area (Å²) in [6, 6.07) is 6.61. The van der Waals surface area contributed by atoms with E-state index in [-0.39, 0.29) is 17.5 Å². The molecule has 1 aromatic rings. The summed E-state index contributed by atoms with van der Waals surface area (Å²) in [7, 11) is 0. The molecule has 0 saturated carbocycles. The van der Waals surface area contributed by atoms with Crippen molar-refractivity contribution in [2.45, 2.75) is 38.5 Å². The highest BCUT2D eigenvalue weighted by molar-refractivity contribution is 5.16. The molecule has 2 atom stereocenters. The van der Waals surface area contributed by atoms with E-state index >= 15 is 0 Å². The van der Waals surface area contributed by atoms with E-state index in [1.165, 1.54) is 12.1 Å². The average Bonchev–Trinajstić information content (AvgIpc) is 2.59. The minimum atomic E-state index is -0.187. The zero-order valence-electron chi connectivity index (χ0n) is 9.79. The third kappa shape index (κ3) is 2.42. The van der Waals surface area contributed by atoms with Crippen LogP contribution in [0.15, 0.2) is 24.3 Å². The number of hydrogen-bond acceptors (Lipinski definition) is 2. The maximum Gasteiger partial charge on any atom is 0.123 e. The fourth-order valence-corrected chi connectivity index (χ4v) is 1.97. The molecule has 2 unspecified atom stereocenters. The summed E-state index contributed by atoms with van der Waals surface area (Å²) < 4.78 is 18.3. The zero-order chi connectivity index (χ0) is 11.6. The molecular formula is C13H18FNO. The Morgan fingerprint density at radius 1 is 1.44 bits per heavy atom. The Morgan fingerprint density at radius 3 is 2.69 bits per heavy atom. The van der Waals surface area contributed by atoms with Gasteiger partial charge in [0, 0.05) is 18.7 Å². The fraction of sp³-hybridized carbons (Fsp3) is 0.538. The van der Waals surface area contributed by atoms with Crippen LogP contribution in [0.3, 0.4) is 0 Å². The van der Waals surface area contributed by atoms with Gasteiger partial charge in [-0.1, -0.05) is 12.1 Å². The van der Waals surface area contributed by atoms with Gasteiger partial charge < -0.3 is 10.1 Å². The topological polar surface area (TPSA) is 21.3 Å². The van der Waals surface area contributed by atoms with E-state index in [1.54, 1.807) is 0 Å². The maximum atomic E-state index is 12.7. The molecule has 0 radical (unpaired) electrons. The smallest absolute Gasteiger partial charge is 0.123 e. The summed E-state index contributed by atoms with van der Waals surface area (Å²) in [5.41, 5.74) is 1.13. The number of hydrogen-bond donors (Lipinski definition) is 1. The van der Waals surface area contributed by atoms with Gasteiger partial charge in [-0.2, -0.15) is 0 Å². The number of benzene rings is 1. The molecule has 0 aliphatic carbocycles. The van der Waals surface area contributed by atoms with Gasteiger partial charge in [0.05, 0.1) is 6.10 Å². The molecule has 3 heteroatoms. The third-order valence-electron chi connectivity index (χ3n) is 3.50. The lowest BCUT2D eigenvalue weighted by Crippen LogP contribution is -2.47. The monoisotopic (exact) mass is 223 g/mol. The van der Waals surface area contributed by atoms with Crippen LogP contribution in [0.4, 0.5) is 4.39 Å². The van der Waals surface area contributed by atoms with Gasteiger partial charge in [-0.25, -0.2) is 4.39 Å². The van der Waals surface area contributed by atoms with Crippen LogP contribution in [0.5, 0.6) is 0 Å². The first-order valence-corrected chi connectivity index (χ1v) is 5.71. The van der Waals surface area contributed by atoms with Crippen molar-refractivity contribution in [1.29, 1.82) is 0 Å². The van der Waals surface area contributed by atoms with Crippen molar-refractivity contribution in [3.05, 3.63) is 35.6 Å². The molecule has 1 N–H and O–H groups in total. The van der Waals surface area contributed by atoms with Crippen LogP contribution in [0.25, 0.3) is 0 Å². The molecule has 1 aromatic carbocycles. The maximum absolute atomic E-state index is 12.7. The lowest BCUT2D eigenvalue weighted by molar-refractivity contribution is 0.0881. The predicted octanol–water partition coefficient (Wildman–Crippen LogP) is 2.48. The van der Waals surface area contributed by atoms with Crippen molar-refractivity contribution in [3.8, 4) is 0 Å². The SMILES string of the molecule is CC1OCCC1(C)NCc1ccc(F)cc1. The molecule has 0 spiro atoms. The first-order valence-electron chi connectivity index (χ1n) is 5.71. The second-order valence-corrected chi connectivity index (χ2v) is 4.66. The van der Waals surface area contributed by atoms with E-state index < -0.39 is 0 Å². The van der Waals surface area contributed by atoms with Crippen molar-refractivity contribution >= 4 is 0 Å². The summed E-state index contributed by atoms with van der Waals surface area (Å²) in [5, 5.41) is 3.50. The molecule has 1 aliphatic rings. The molecule has 1 aliphatic heterocycles. The summed E-state index contributed by atoms with van der Waals surface area (Å²) in [4.78, 5) is 0. The Hall–Kier alpha value is -0.930. The zero-order valence-corrected chi connectivity index (χ0v) is 9.79. The van der Waals surface area contributed by atoms with Crippen LogP contribution in [0.1, 0.15) is 25.8 Å². The third-order valence-corrected chi connectivity index (χ3v) is 3.50. The largest absolute Gasteiger partial charge is 0.377 e.